The molecule has 150 valence electrons. The molecule has 0 aliphatic carbocycles. The van der Waals surface area contributed by atoms with Crippen LogP contribution < -0.4 is 15.5 Å². The monoisotopic (exact) mass is 376 g/mol. The molecule has 2 aliphatic rings. The summed E-state index contributed by atoms with van der Waals surface area (Å²) in [4.78, 5) is 17.0. The highest BCUT2D eigenvalue weighted by Crippen LogP contribution is 2.23. The standard InChI is InChI=1S/C21H33FN4O/c1-16(2)14-25-10-8-19(9-11-25)24-21(27)23-13-17-7-12-26(15-17)20-5-3-18(22)4-6-20/h3-6,16-17,19H,7-15H2,1-2H3,(H2,23,24,27)/t17-/m1/s1. The number of carbonyl (C=O) groups excluding carboxylic acids is 1. The van der Waals surface area contributed by atoms with Crippen molar-refractivity contribution in [2.45, 2.75) is 39.2 Å². The molecule has 2 fully saturated rings. The fourth-order valence-electron chi connectivity index (χ4n) is 4.14. The molecule has 6 heteroatoms. The van der Waals surface area contributed by atoms with Gasteiger partial charge < -0.3 is 20.4 Å². The number of amides is 2. The van der Waals surface area contributed by atoms with Crippen molar-refractivity contribution >= 4 is 11.7 Å². The molecule has 2 amide bonds. The molecule has 27 heavy (non-hydrogen) atoms. The van der Waals surface area contributed by atoms with Crippen LogP contribution in [0.15, 0.2) is 24.3 Å². The van der Waals surface area contributed by atoms with Crippen molar-refractivity contribution in [1.82, 2.24) is 15.5 Å². The van der Waals surface area contributed by atoms with Gasteiger partial charge >= 0.3 is 6.03 Å². The third-order valence-corrected chi connectivity index (χ3v) is 5.58. The van der Waals surface area contributed by atoms with Crippen molar-refractivity contribution in [2.75, 3.05) is 44.2 Å². The molecule has 1 atom stereocenters. The summed E-state index contributed by atoms with van der Waals surface area (Å²) in [5.41, 5.74) is 1.05. The van der Waals surface area contributed by atoms with Crippen molar-refractivity contribution in [3.63, 3.8) is 0 Å². The van der Waals surface area contributed by atoms with E-state index in [1.165, 1.54) is 12.1 Å². The van der Waals surface area contributed by atoms with E-state index in [0.29, 0.717) is 18.4 Å². The van der Waals surface area contributed by atoms with E-state index in [9.17, 15) is 9.18 Å². The van der Waals surface area contributed by atoms with Crippen LogP contribution in [0.3, 0.4) is 0 Å². The van der Waals surface area contributed by atoms with E-state index >= 15 is 0 Å². The van der Waals surface area contributed by atoms with Gasteiger partial charge in [0.1, 0.15) is 5.82 Å². The van der Waals surface area contributed by atoms with Gasteiger partial charge in [-0.05, 0) is 55.4 Å². The van der Waals surface area contributed by atoms with Gasteiger partial charge in [0.15, 0.2) is 0 Å². The van der Waals surface area contributed by atoms with Crippen molar-refractivity contribution < 1.29 is 9.18 Å². The number of nitrogens with zero attached hydrogens (tertiary/aromatic N) is 2. The summed E-state index contributed by atoms with van der Waals surface area (Å²) in [6.45, 7) is 10.3. The predicted molar refractivity (Wildman–Crippen MR) is 108 cm³/mol. The Morgan fingerprint density at radius 3 is 2.52 bits per heavy atom. The molecule has 0 unspecified atom stereocenters. The van der Waals surface area contributed by atoms with E-state index in [0.717, 1.165) is 57.7 Å². The number of likely N-dealkylation sites (tertiary alicyclic amines) is 1. The maximum atomic E-state index is 13.1. The van der Waals surface area contributed by atoms with E-state index in [1.54, 1.807) is 0 Å². The van der Waals surface area contributed by atoms with E-state index in [2.05, 4.69) is 34.3 Å². The Bertz CT molecular complexity index is 599. The van der Waals surface area contributed by atoms with Crippen LogP contribution >= 0.6 is 0 Å². The number of halogens is 1. The summed E-state index contributed by atoms with van der Waals surface area (Å²) in [7, 11) is 0. The topological polar surface area (TPSA) is 47.6 Å². The lowest BCUT2D eigenvalue weighted by Gasteiger charge is -2.33. The van der Waals surface area contributed by atoms with Crippen LogP contribution in [0.1, 0.15) is 33.1 Å². The van der Waals surface area contributed by atoms with E-state index < -0.39 is 0 Å². The minimum atomic E-state index is -0.206. The lowest BCUT2D eigenvalue weighted by Crippen LogP contribution is -2.49. The highest BCUT2D eigenvalue weighted by atomic mass is 19.1. The zero-order valence-corrected chi connectivity index (χ0v) is 16.6. The second kappa shape index (κ2) is 9.40. The Morgan fingerprint density at radius 2 is 1.85 bits per heavy atom. The zero-order chi connectivity index (χ0) is 19.2. The van der Waals surface area contributed by atoms with Gasteiger partial charge in [-0.15, -0.1) is 0 Å². The first-order valence-electron chi connectivity index (χ1n) is 10.3. The molecule has 1 aromatic carbocycles. The normalized spacial score (nSPS) is 21.6. The molecule has 5 nitrogen and oxygen atoms in total. The lowest BCUT2D eigenvalue weighted by atomic mass is 10.0. The van der Waals surface area contributed by atoms with Gasteiger partial charge in [-0.25, -0.2) is 9.18 Å². The number of carbonyl (C=O) groups is 1. The van der Waals surface area contributed by atoms with E-state index in [1.807, 2.05) is 12.1 Å². The Balaban J connectivity index is 1.33. The first-order valence-corrected chi connectivity index (χ1v) is 10.3. The van der Waals surface area contributed by atoms with Gasteiger partial charge in [-0.1, -0.05) is 13.8 Å². The summed E-state index contributed by atoms with van der Waals surface area (Å²) >= 11 is 0. The molecular formula is C21H33FN4O. The Morgan fingerprint density at radius 1 is 1.15 bits per heavy atom. The molecule has 2 saturated heterocycles. The molecule has 0 radical (unpaired) electrons. The molecule has 0 spiro atoms. The van der Waals surface area contributed by atoms with Gasteiger partial charge in [-0.3, -0.25) is 0 Å². The first kappa shape index (κ1) is 19.9. The Kier molecular flexibility index (Phi) is 6.94. The number of nitrogens with one attached hydrogen (secondary N) is 2. The van der Waals surface area contributed by atoms with Crippen LogP contribution in [0.4, 0.5) is 14.9 Å². The molecule has 1 aromatic rings. The van der Waals surface area contributed by atoms with Gasteiger partial charge in [0.2, 0.25) is 0 Å². The van der Waals surface area contributed by atoms with Crippen LogP contribution in [0, 0.1) is 17.7 Å². The maximum Gasteiger partial charge on any atom is 0.315 e. The fraction of sp³-hybridized carbons (Fsp3) is 0.667. The number of hydrogen-bond acceptors (Lipinski definition) is 3. The summed E-state index contributed by atoms with van der Waals surface area (Å²) in [5, 5.41) is 6.18. The summed E-state index contributed by atoms with van der Waals surface area (Å²) in [5.74, 6) is 0.926. The van der Waals surface area contributed by atoms with Gasteiger partial charge in [0, 0.05) is 51.0 Å². The van der Waals surface area contributed by atoms with Crippen molar-refractivity contribution in [1.29, 1.82) is 0 Å². The smallest absolute Gasteiger partial charge is 0.315 e. The van der Waals surface area contributed by atoms with E-state index in [4.69, 9.17) is 0 Å². The molecule has 2 aliphatic heterocycles. The quantitative estimate of drug-likeness (QED) is 0.802. The molecule has 0 aromatic heterocycles. The van der Waals surface area contributed by atoms with Gasteiger partial charge in [0.05, 0.1) is 0 Å². The summed E-state index contributed by atoms with van der Waals surface area (Å²) in [6.07, 6.45) is 3.11. The molecule has 0 bridgehead atoms. The summed E-state index contributed by atoms with van der Waals surface area (Å²) in [6, 6.07) is 6.89. The SMILES string of the molecule is CC(C)CN1CCC(NC(=O)NC[C@H]2CCN(c3ccc(F)cc3)C2)CC1. The van der Waals surface area contributed by atoms with Crippen LogP contribution in [0.2, 0.25) is 0 Å². The number of benzene rings is 1. The highest BCUT2D eigenvalue weighted by Gasteiger charge is 2.24. The maximum absolute atomic E-state index is 13.1. The second-order valence-electron chi connectivity index (χ2n) is 8.40. The van der Waals surface area contributed by atoms with Crippen molar-refractivity contribution in [2.24, 2.45) is 11.8 Å². The van der Waals surface area contributed by atoms with Crippen LogP contribution in [-0.2, 0) is 0 Å². The van der Waals surface area contributed by atoms with Gasteiger partial charge in [0.25, 0.3) is 0 Å². The molecule has 0 saturated carbocycles. The van der Waals surface area contributed by atoms with Crippen molar-refractivity contribution in [3.05, 3.63) is 30.1 Å². The van der Waals surface area contributed by atoms with Gasteiger partial charge in [-0.2, -0.15) is 0 Å². The number of piperidine rings is 1. The second-order valence-corrected chi connectivity index (χ2v) is 8.40. The fourth-order valence-corrected chi connectivity index (χ4v) is 4.14. The Hall–Kier alpha value is -1.82. The summed E-state index contributed by atoms with van der Waals surface area (Å²) < 4.78 is 13.1. The van der Waals surface area contributed by atoms with Crippen LogP contribution in [0.25, 0.3) is 0 Å². The molecule has 2 heterocycles. The molecule has 2 N–H and O–H groups in total. The third kappa shape index (κ3) is 6.09. The van der Waals surface area contributed by atoms with Crippen LogP contribution in [0.5, 0.6) is 0 Å². The lowest BCUT2D eigenvalue weighted by molar-refractivity contribution is 0.177. The predicted octanol–water partition coefficient (Wildman–Crippen LogP) is 3.07. The largest absolute Gasteiger partial charge is 0.371 e. The number of anilines is 1. The highest BCUT2D eigenvalue weighted by molar-refractivity contribution is 5.74. The minimum absolute atomic E-state index is 0.0439. The van der Waals surface area contributed by atoms with Crippen LogP contribution in [-0.4, -0.2) is 56.2 Å². The third-order valence-electron chi connectivity index (χ3n) is 5.58. The number of urea groups is 1. The zero-order valence-electron chi connectivity index (χ0n) is 16.6. The first-order chi connectivity index (χ1) is 13.0. The Labute approximate surface area is 162 Å². The average molecular weight is 377 g/mol. The number of hydrogen-bond donors (Lipinski definition) is 2. The average Bonchev–Trinajstić information content (AvgIpc) is 3.11. The minimum Gasteiger partial charge on any atom is -0.371 e. The van der Waals surface area contributed by atoms with Crippen molar-refractivity contribution in [3.8, 4) is 0 Å². The number of rotatable bonds is 6. The van der Waals surface area contributed by atoms with E-state index in [-0.39, 0.29) is 17.9 Å². The molecule has 3 rings (SSSR count). The molecular weight excluding hydrogens is 343 g/mol.